The molecule has 0 fully saturated rings. The van der Waals surface area contributed by atoms with E-state index in [2.05, 4.69) is 12.2 Å². The van der Waals surface area contributed by atoms with Gasteiger partial charge >= 0.3 is 23.8 Å². The summed E-state index contributed by atoms with van der Waals surface area (Å²) in [4.78, 5) is 63.7. The highest BCUT2D eigenvalue weighted by Gasteiger charge is 2.69. The molecule has 3 amide bonds. The third kappa shape index (κ3) is 12.5. The first-order chi connectivity index (χ1) is 20.6. The summed E-state index contributed by atoms with van der Waals surface area (Å²) in [6, 6.07) is -1.62. The van der Waals surface area contributed by atoms with Gasteiger partial charge in [0.2, 0.25) is 5.91 Å². The number of nitrogens with one attached hydrogen (secondary N) is 1. The van der Waals surface area contributed by atoms with Crippen LogP contribution in [0.1, 0.15) is 118 Å². The smallest absolute Gasteiger partial charge is 0.417 e. The monoisotopic (exact) mass is 618 g/mol. The molecule has 0 aromatic rings. The van der Waals surface area contributed by atoms with E-state index < -0.39 is 41.6 Å². The van der Waals surface area contributed by atoms with E-state index >= 15 is 0 Å². The number of amides is 3. The number of hydrogen-bond donors (Lipinski definition) is 3. The molecule has 0 aliphatic carbocycles. The number of hydrogen-bond acceptors (Lipinski definition) is 9. The molecule has 0 radical (unpaired) electrons. The van der Waals surface area contributed by atoms with Crippen LogP contribution in [0, 0.1) is 0 Å². The Morgan fingerprint density at radius 3 is 1.60 bits per heavy atom. The first-order valence-electron chi connectivity index (χ1n) is 15.7. The standard InChI is InChI=1S/C30H54N2O11/c1-6-11-12-13-14-15-16-17-18-19-22-25(34)32(28(38)39)29(40-7-2,30(41-8-3,42-9-4)43-10-5)27(37)31-24(26(35)36)21-20-23-33/h23-24H,6-22H2,1-5H3,(H,31,37)(H,35,36)(H,38,39)/t24-,29?/m0/s1. The zero-order chi connectivity index (χ0) is 32.7. The van der Waals surface area contributed by atoms with Crippen molar-refractivity contribution in [2.75, 3.05) is 26.4 Å². The number of ether oxygens (including phenoxy) is 4. The predicted octanol–water partition coefficient (Wildman–Crippen LogP) is 4.85. The molecular formula is C30H54N2O11. The molecule has 0 saturated carbocycles. The number of carboxylic acids is 1. The van der Waals surface area contributed by atoms with Crippen molar-refractivity contribution in [2.24, 2.45) is 0 Å². The quantitative estimate of drug-likeness (QED) is 0.0651. The fourth-order valence-electron chi connectivity index (χ4n) is 4.83. The molecule has 0 heterocycles. The number of unbranched alkanes of at least 4 members (excludes halogenated alkanes) is 9. The van der Waals surface area contributed by atoms with Gasteiger partial charge in [-0.05, 0) is 40.5 Å². The number of imide groups is 1. The predicted molar refractivity (Wildman–Crippen MR) is 158 cm³/mol. The topological polar surface area (TPSA) is 178 Å². The first-order valence-corrected chi connectivity index (χ1v) is 15.7. The van der Waals surface area contributed by atoms with Crippen LogP contribution in [-0.2, 0) is 38.1 Å². The molecule has 0 aliphatic heterocycles. The highest BCUT2D eigenvalue weighted by atomic mass is 16.9. The van der Waals surface area contributed by atoms with Gasteiger partial charge in [0.15, 0.2) is 0 Å². The second-order valence-electron chi connectivity index (χ2n) is 9.98. The number of nitrogens with zero attached hydrogens (tertiary/aromatic N) is 1. The minimum Gasteiger partial charge on any atom is -0.480 e. The van der Waals surface area contributed by atoms with Crippen LogP contribution in [0.2, 0.25) is 0 Å². The van der Waals surface area contributed by atoms with Crippen LogP contribution in [0.25, 0.3) is 0 Å². The van der Waals surface area contributed by atoms with Gasteiger partial charge in [-0.25, -0.2) is 14.5 Å². The molecule has 1 unspecified atom stereocenters. The summed E-state index contributed by atoms with van der Waals surface area (Å²) in [5.74, 6) is -6.39. The summed E-state index contributed by atoms with van der Waals surface area (Å²) in [5, 5.41) is 22.3. The Bertz CT molecular complexity index is 822. The summed E-state index contributed by atoms with van der Waals surface area (Å²) in [6.07, 6.45) is 7.86. The number of aldehydes is 1. The van der Waals surface area contributed by atoms with Crippen molar-refractivity contribution in [3.8, 4) is 0 Å². The van der Waals surface area contributed by atoms with Crippen molar-refractivity contribution in [1.29, 1.82) is 0 Å². The molecule has 0 aromatic carbocycles. The maximum Gasteiger partial charge on any atom is 0.417 e. The van der Waals surface area contributed by atoms with Gasteiger partial charge in [-0.15, -0.1) is 0 Å². The molecule has 0 rings (SSSR count). The maximum atomic E-state index is 14.1. The molecule has 0 bridgehead atoms. The second kappa shape index (κ2) is 22.9. The number of carbonyl (C=O) groups is 5. The number of carboxylic acid groups (broad SMARTS) is 2. The molecule has 43 heavy (non-hydrogen) atoms. The average Bonchev–Trinajstić information content (AvgIpc) is 2.95. The number of rotatable bonds is 27. The largest absolute Gasteiger partial charge is 0.480 e. The fourth-order valence-corrected chi connectivity index (χ4v) is 4.83. The molecule has 0 saturated heterocycles. The average molecular weight is 619 g/mol. The Balaban J connectivity index is 6.43. The van der Waals surface area contributed by atoms with Crippen LogP contribution in [0.5, 0.6) is 0 Å². The molecule has 0 aromatic heterocycles. The Kier molecular flexibility index (Phi) is 21.5. The van der Waals surface area contributed by atoms with Gasteiger partial charge in [-0.2, -0.15) is 0 Å². The van der Waals surface area contributed by atoms with Gasteiger partial charge in [0, 0.05) is 39.3 Å². The molecule has 3 N–H and O–H groups in total. The molecule has 0 spiro atoms. The highest BCUT2D eigenvalue weighted by Crippen LogP contribution is 2.38. The molecule has 2 atom stereocenters. The van der Waals surface area contributed by atoms with Crippen molar-refractivity contribution in [2.45, 2.75) is 136 Å². The summed E-state index contributed by atoms with van der Waals surface area (Å²) in [7, 11) is 0. The van der Waals surface area contributed by atoms with Gasteiger partial charge in [0.25, 0.3) is 5.91 Å². The van der Waals surface area contributed by atoms with E-state index in [1.165, 1.54) is 32.6 Å². The van der Waals surface area contributed by atoms with Gasteiger partial charge in [0.05, 0.1) is 0 Å². The lowest BCUT2D eigenvalue weighted by atomic mass is 10.0. The normalized spacial score (nSPS) is 13.6. The van der Waals surface area contributed by atoms with Gasteiger partial charge in [-0.1, -0.05) is 64.7 Å². The van der Waals surface area contributed by atoms with E-state index in [4.69, 9.17) is 18.9 Å². The van der Waals surface area contributed by atoms with E-state index in [1.54, 1.807) is 20.8 Å². The maximum absolute atomic E-state index is 14.1. The third-order valence-electron chi connectivity index (χ3n) is 6.76. The summed E-state index contributed by atoms with van der Waals surface area (Å²) >= 11 is 0. The van der Waals surface area contributed by atoms with E-state index in [9.17, 15) is 34.2 Å². The summed E-state index contributed by atoms with van der Waals surface area (Å²) < 4.78 is 23.1. The lowest BCUT2D eigenvalue weighted by Crippen LogP contribution is -2.77. The number of aliphatic carboxylic acids is 1. The Hall–Kier alpha value is -2.61. The lowest BCUT2D eigenvalue weighted by Gasteiger charge is -2.49. The van der Waals surface area contributed by atoms with Crippen molar-refractivity contribution >= 4 is 30.2 Å². The Morgan fingerprint density at radius 1 is 0.744 bits per heavy atom. The zero-order valence-electron chi connectivity index (χ0n) is 26.7. The number of carbonyl (C=O) groups excluding carboxylic acids is 3. The van der Waals surface area contributed by atoms with Crippen molar-refractivity contribution in [1.82, 2.24) is 10.2 Å². The highest BCUT2D eigenvalue weighted by molar-refractivity contribution is 6.00. The first kappa shape index (κ1) is 40.4. The Labute approximate surface area is 255 Å². The van der Waals surface area contributed by atoms with E-state index in [1.807, 2.05) is 0 Å². The third-order valence-corrected chi connectivity index (χ3v) is 6.76. The Morgan fingerprint density at radius 2 is 1.21 bits per heavy atom. The van der Waals surface area contributed by atoms with Crippen LogP contribution >= 0.6 is 0 Å². The minimum atomic E-state index is -2.94. The zero-order valence-corrected chi connectivity index (χ0v) is 26.7. The summed E-state index contributed by atoms with van der Waals surface area (Å²) in [6.45, 7) is 7.48. The van der Waals surface area contributed by atoms with E-state index in [0.29, 0.717) is 19.1 Å². The van der Waals surface area contributed by atoms with Crippen LogP contribution in [0.3, 0.4) is 0 Å². The molecule has 13 heteroatoms. The fraction of sp³-hybridized carbons (Fsp3) is 0.833. The van der Waals surface area contributed by atoms with Crippen LogP contribution in [-0.4, -0.2) is 89.4 Å². The van der Waals surface area contributed by atoms with Crippen LogP contribution in [0.15, 0.2) is 0 Å². The summed E-state index contributed by atoms with van der Waals surface area (Å²) in [5.41, 5.74) is -2.94. The van der Waals surface area contributed by atoms with Crippen molar-refractivity contribution in [3.63, 3.8) is 0 Å². The molecule has 0 aliphatic rings. The van der Waals surface area contributed by atoms with Crippen LogP contribution < -0.4 is 5.32 Å². The molecular weight excluding hydrogens is 564 g/mol. The van der Waals surface area contributed by atoms with Gasteiger partial charge in [0.1, 0.15) is 12.3 Å². The molecule has 13 nitrogen and oxygen atoms in total. The van der Waals surface area contributed by atoms with Crippen LogP contribution in [0.4, 0.5) is 4.79 Å². The van der Waals surface area contributed by atoms with E-state index in [0.717, 1.165) is 25.7 Å². The van der Waals surface area contributed by atoms with Gasteiger partial charge < -0.3 is 39.3 Å². The minimum absolute atomic E-state index is 0.157. The second-order valence-corrected chi connectivity index (χ2v) is 9.98. The van der Waals surface area contributed by atoms with Crippen molar-refractivity contribution < 1.29 is 53.1 Å². The molecule has 250 valence electrons. The van der Waals surface area contributed by atoms with E-state index in [-0.39, 0.29) is 50.6 Å². The lowest BCUT2D eigenvalue weighted by molar-refractivity contribution is -0.450. The van der Waals surface area contributed by atoms with Gasteiger partial charge in [-0.3, -0.25) is 9.59 Å². The SMILES string of the molecule is CCCCCCCCCCCCC(=O)N(C(=O)O)C(OCC)(C(=O)N[C@@H](CCC=O)C(=O)O)C(OCC)(OCC)OCC. The van der Waals surface area contributed by atoms with Crippen molar-refractivity contribution in [3.05, 3.63) is 0 Å².